The molecule has 1 amide bonds. The van der Waals surface area contributed by atoms with E-state index in [2.05, 4.69) is 15.7 Å². The third kappa shape index (κ3) is 3.02. The number of amides is 1. The molecule has 0 saturated heterocycles. The molecule has 7 heteroatoms. The summed E-state index contributed by atoms with van der Waals surface area (Å²) in [6, 6.07) is 6.07. The van der Waals surface area contributed by atoms with E-state index in [0.717, 1.165) is 12.1 Å². The summed E-state index contributed by atoms with van der Waals surface area (Å²) in [6.07, 6.45) is 1.40. The second-order valence-electron chi connectivity index (χ2n) is 3.66. The van der Waals surface area contributed by atoms with Gasteiger partial charge in [-0.2, -0.15) is 0 Å². The molecule has 1 aromatic carbocycles. The molecular formula is C12H10F2N4O. The smallest absolute Gasteiger partial charge is 0.274 e. The molecule has 0 aliphatic rings. The summed E-state index contributed by atoms with van der Waals surface area (Å²) < 4.78 is 25.7. The van der Waals surface area contributed by atoms with Gasteiger partial charge in [-0.25, -0.2) is 8.78 Å². The summed E-state index contributed by atoms with van der Waals surface area (Å²) in [7, 11) is 0. The number of nitrogens with one attached hydrogen (secondary N) is 2. The van der Waals surface area contributed by atoms with Crippen LogP contribution >= 0.6 is 0 Å². The van der Waals surface area contributed by atoms with Gasteiger partial charge in [0, 0.05) is 18.0 Å². The Morgan fingerprint density at radius 2 is 1.89 bits per heavy atom. The van der Waals surface area contributed by atoms with Crippen LogP contribution in [0.1, 0.15) is 10.5 Å². The molecule has 0 unspecified atom stereocenters. The molecule has 4 N–H and O–H groups in total. The molecule has 1 heterocycles. The van der Waals surface area contributed by atoms with Crippen molar-refractivity contribution in [1.29, 1.82) is 0 Å². The van der Waals surface area contributed by atoms with Gasteiger partial charge < -0.3 is 10.7 Å². The number of hydrogen-bond acceptors (Lipinski definition) is 4. The van der Waals surface area contributed by atoms with E-state index in [-0.39, 0.29) is 11.4 Å². The van der Waals surface area contributed by atoms with Crippen LogP contribution in [-0.4, -0.2) is 10.9 Å². The molecule has 19 heavy (non-hydrogen) atoms. The SMILES string of the molecule is NNc1ccnc(C(=O)Nc2ccc(F)c(F)c2)c1. The number of nitrogen functional groups attached to an aromatic ring is 1. The molecule has 5 nitrogen and oxygen atoms in total. The van der Waals surface area contributed by atoms with Gasteiger partial charge in [-0.3, -0.25) is 15.6 Å². The Morgan fingerprint density at radius 3 is 2.58 bits per heavy atom. The van der Waals surface area contributed by atoms with Crippen LogP contribution < -0.4 is 16.6 Å². The Labute approximate surface area is 107 Å². The summed E-state index contributed by atoms with van der Waals surface area (Å²) in [5, 5.41) is 2.40. The van der Waals surface area contributed by atoms with Crippen LogP contribution in [0, 0.1) is 11.6 Å². The minimum absolute atomic E-state index is 0.0974. The molecule has 0 spiro atoms. The molecule has 0 saturated carbocycles. The van der Waals surface area contributed by atoms with Crippen molar-refractivity contribution in [2.45, 2.75) is 0 Å². The first-order valence-corrected chi connectivity index (χ1v) is 5.29. The van der Waals surface area contributed by atoms with Crippen molar-refractivity contribution >= 4 is 17.3 Å². The summed E-state index contributed by atoms with van der Waals surface area (Å²) in [5.41, 5.74) is 3.11. The van der Waals surface area contributed by atoms with Gasteiger partial charge >= 0.3 is 0 Å². The van der Waals surface area contributed by atoms with Crippen LogP contribution in [0.5, 0.6) is 0 Å². The maximum absolute atomic E-state index is 13.0. The van der Waals surface area contributed by atoms with E-state index in [9.17, 15) is 13.6 Å². The monoisotopic (exact) mass is 264 g/mol. The Hall–Kier alpha value is -2.54. The van der Waals surface area contributed by atoms with Crippen molar-refractivity contribution in [2.24, 2.45) is 5.84 Å². The number of halogens is 2. The second-order valence-corrected chi connectivity index (χ2v) is 3.66. The number of pyridine rings is 1. The largest absolute Gasteiger partial charge is 0.324 e. The van der Waals surface area contributed by atoms with Crippen LogP contribution in [0.15, 0.2) is 36.5 Å². The zero-order chi connectivity index (χ0) is 13.8. The number of carbonyl (C=O) groups is 1. The Morgan fingerprint density at radius 1 is 1.11 bits per heavy atom. The summed E-state index contributed by atoms with van der Waals surface area (Å²) in [6.45, 7) is 0. The first kappa shape index (κ1) is 12.9. The minimum Gasteiger partial charge on any atom is -0.324 e. The van der Waals surface area contributed by atoms with Crippen LogP contribution in [0.25, 0.3) is 0 Å². The van der Waals surface area contributed by atoms with E-state index in [1.165, 1.54) is 18.3 Å². The average Bonchev–Trinajstić information content (AvgIpc) is 2.43. The standard InChI is InChI=1S/C12H10F2N4O/c13-9-2-1-7(5-10(9)14)17-12(19)11-6-8(18-15)3-4-16-11/h1-6H,15H2,(H,16,18)(H,17,19). The average molecular weight is 264 g/mol. The van der Waals surface area contributed by atoms with Crippen LogP contribution in [0.3, 0.4) is 0 Å². The van der Waals surface area contributed by atoms with Crippen molar-refractivity contribution < 1.29 is 13.6 Å². The maximum atomic E-state index is 13.0. The lowest BCUT2D eigenvalue weighted by molar-refractivity contribution is 0.102. The molecular weight excluding hydrogens is 254 g/mol. The Balaban J connectivity index is 2.18. The van der Waals surface area contributed by atoms with E-state index in [4.69, 9.17) is 5.84 Å². The van der Waals surface area contributed by atoms with E-state index in [0.29, 0.717) is 5.69 Å². The first-order chi connectivity index (χ1) is 9.10. The Kier molecular flexibility index (Phi) is 3.67. The number of anilines is 2. The van der Waals surface area contributed by atoms with Crippen molar-refractivity contribution in [2.75, 3.05) is 10.7 Å². The van der Waals surface area contributed by atoms with Gasteiger partial charge in [-0.05, 0) is 24.3 Å². The second kappa shape index (κ2) is 5.40. The molecule has 0 atom stereocenters. The Bertz CT molecular complexity index is 618. The molecule has 0 aliphatic heterocycles. The molecule has 0 aliphatic carbocycles. The van der Waals surface area contributed by atoms with Gasteiger partial charge in [0.1, 0.15) is 5.69 Å². The van der Waals surface area contributed by atoms with Gasteiger partial charge in [0.2, 0.25) is 0 Å². The number of aromatic nitrogens is 1. The predicted molar refractivity (Wildman–Crippen MR) is 66.4 cm³/mol. The lowest BCUT2D eigenvalue weighted by Gasteiger charge is -2.06. The van der Waals surface area contributed by atoms with E-state index in [1.54, 1.807) is 6.07 Å². The summed E-state index contributed by atoms with van der Waals surface area (Å²) in [4.78, 5) is 15.7. The molecule has 2 aromatic rings. The fraction of sp³-hybridized carbons (Fsp3) is 0. The third-order valence-corrected chi connectivity index (χ3v) is 2.34. The molecule has 0 radical (unpaired) electrons. The van der Waals surface area contributed by atoms with Gasteiger partial charge in [0.15, 0.2) is 11.6 Å². The lowest BCUT2D eigenvalue weighted by atomic mass is 10.2. The highest BCUT2D eigenvalue weighted by Crippen LogP contribution is 2.14. The van der Waals surface area contributed by atoms with Crippen molar-refractivity contribution in [1.82, 2.24) is 4.98 Å². The van der Waals surface area contributed by atoms with Gasteiger partial charge in [-0.15, -0.1) is 0 Å². The molecule has 0 fully saturated rings. The molecule has 2 rings (SSSR count). The summed E-state index contributed by atoms with van der Waals surface area (Å²) >= 11 is 0. The van der Waals surface area contributed by atoms with Crippen LogP contribution in [-0.2, 0) is 0 Å². The zero-order valence-corrected chi connectivity index (χ0v) is 9.65. The van der Waals surface area contributed by atoms with Crippen LogP contribution in [0.2, 0.25) is 0 Å². The molecule has 0 bridgehead atoms. The highest BCUT2D eigenvalue weighted by molar-refractivity contribution is 6.03. The fourth-order valence-electron chi connectivity index (χ4n) is 1.41. The summed E-state index contributed by atoms with van der Waals surface area (Å²) in [5.74, 6) is 2.63. The number of rotatable bonds is 3. The predicted octanol–water partition coefficient (Wildman–Crippen LogP) is 1.90. The fourth-order valence-corrected chi connectivity index (χ4v) is 1.41. The van der Waals surface area contributed by atoms with Gasteiger partial charge in [0.05, 0.1) is 5.69 Å². The highest BCUT2D eigenvalue weighted by atomic mass is 19.2. The number of nitrogens with zero attached hydrogens (tertiary/aromatic N) is 1. The van der Waals surface area contributed by atoms with Crippen LogP contribution in [0.4, 0.5) is 20.2 Å². The maximum Gasteiger partial charge on any atom is 0.274 e. The number of benzene rings is 1. The number of nitrogens with two attached hydrogens (primary N) is 1. The topological polar surface area (TPSA) is 80.0 Å². The first-order valence-electron chi connectivity index (χ1n) is 5.29. The van der Waals surface area contributed by atoms with E-state index >= 15 is 0 Å². The molecule has 98 valence electrons. The number of hydrogen-bond donors (Lipinski definition) is 3. The highest BCUT2D eigenvalue weighted by Gasteiger charge is 2.10. The minimum atomic E-state index is -1.04. The quantitative estimate of drug-likeness (QED) is 0.584. The normalized spacial score (nSPS) is 10.1. The zero-order valence-electron chi connectivity index (χ0n) is 9.65. The number of hydrazine groups is 1. The number of carbonyl (C=O) groups excluding carboxylic acids is 1. The lowest BCUT2D eigenvalue weighted by Crippen LogP contribution is -2.15. The third-order valence-electron chi connectivity index (χ3n) is 2.34. The van der Waals surface area contributed by atoms with Gasteiger partial charge in [-0.1, -0.05) is 0 Å². The molecule has 1 aromatic heterocycles. The van der Waals surface area contributed by atoms with Crippen molar-refractivity contribution in [3.05, 3.63) is 53.9 Å². The van der Waals surface area contributed by atoms with Crippen molar-refractivity contribution in [3.8, 4) is 0 Å². The van der Waals surface area contributed by atoms with E-state index < -0.39 is 17.5 Å². The van der Waals surface area contributed by atoms with E-state index in [1.807, 2.05) is 0 Å². The van der Waals surface area contributed by atoms with Crippen molar-refractivity contribution in [3.63, 3.8) is 0 Å². The van der Waals surface area contributed by atoms with Gasteiger partial charge in [0.25, 0.3) is 5.91 Å².